The average molecular weight is 807 g/mol. The molecule has 0 amide bonds. The van der Waals surface area contributed by atoms with Gasteiger partial charge in [0, 0.05) is 31.1 Å². The molecule has 0 atom stereocenters. The predicted octanol–water partition coefficient (Wildman–Crippen LogP) is 3.77. The number of unbranched alkanes of at least 4 members (excludes halogenated alkanes) is 4. The number of rotatable bonds is 24. The highest BCUT2D eigenvalue weighted by Crippen LogP contribution is 2.18. The van der Waals surface area contributed by atoms with E-state index in [1.165, 1.54) is 36.4 Å². The number of hydrogen-bond donors (Lipinski definition) is 6. The van der Waals surface area contributed by atoms with Gasteiger partial charge in [-0.15, -0.1) is 0 Å². The molecule has 0 fully saturated rings. The molecule has 2 aromatic rings. The first-order chi connectivity index (χ1) is 26.8. The fraction of sp³-hybridized carbons (Fsp3) is 0.487. The number of aromatic carboxylic acids is 2. The van der Waals surface area contributed by atoms with E-state index >= 15 is 0 Å². The van der Waals surface area contributed by atoms with Crippen molar-refractivity contribution in [3.63, 3.8) is 0 Å². The van der Waals surface area contributed by atoms with Gasteiger partial charge >= 0.3 is 47.8 Å². The van der Waals surface area contributed by atoms with E-state index in [2.05, 4.69) is 4.74 Å². The van der Waals surface area contributed by atoms with Crippen LogP contribution in [0.4, 0.5) is 0 Å². The van der Waals surface area contributed by atoms with Crippen LogP contribution in [-0.2, 0) is 38.1 Å². The highest BCUT2D eigenvalue weighted by molar-refractivity contribution is 6.03. The summed E-state index contributed by atoms with van der Waals surface area (Å²) in [6, 6.07) is 11.6. The van der Waals surface area contributed by atoms with Crippen LogP contribution >= 0.6 is 0 Å². The Bertz CT molecular complexity index is 1680. The molecular formula is C39H50O18. The third kappa shape index (κ3) is 20.1. The minimum atomic E-state index is -2.96. The Balaban J connectivity index is 0.000000749. The second-order valence-electron chi connectivity index (χ2n) is 13.4. The number of aliphatic hydroxyl groups is 3. The highest BCUT2D eigenvalue weighted by Gasteiger charge is 2.36. The summed E-state index contributed by atoms with van der Waals surface area (Å²) in [5, 5.41) is 54.8. The maximum absolute atomic E-state index is 12.0. The Morgan fingerprint density at radius 2 is 1.02 bits per heavy atom. The van der Waals surface area contributed by atoms with E-state index in [0.717, 1.165) is 0 Å². The molecule has 0 aliphatic rings. The highest BCUT2D eigenvalue weighted by atomic mass is 16.6. The van der Waals surface area contributed by atoms with Gasteiger partial charge in [-0.25, -0.2) is 24.0 Å². The monoisotopic (exact) mass is 806 g/mol. The van der Waals surface area contributed by atoms with E-state index in [0.29, 0.717) is 25.7 Å². The van der Waals surface area contributed by atoms with Crippen molar-refractivity contribution in [1.82, 2.24) is 0 Å². The standard InChI is InChI=1S/C26H34O13.C13H16O5/c27-20(28)12-9-15-26(35,36)25(34)39-22(30)14-6-5-13-21(29)37-16-7-1-2-8-17-38-24(33)19-11-4-3-10-18(19)23(31)32;1-13(2,7-14)8-18-12(17)10-6-4-3-5-9(10)11(15)16/h3-4,10-11,35-36H,1-2,5-9,12-17H2,(H,27,28)(H,31,32);3-6,14H,7-8H2,1-2H3,(H,15,16). The normalized spacial score (nSPS) is 11.0. The van der Waals surface area contributed by atoms with Crippen LogP contribution in [0.15, 0.2) is 48.5 Å². The van der Waals surface area contributed by atoms with Crippen molar-refractivity contribution >= 4 is 47.8 Å². The number of benzene rings is 2. The number of aliphatic carboxylic acids is 1. The Morgan fingerprint density at radius 1 is 0.561 bits per heavy atom. The second-order valence-corrected chi connectivity index (χ2v) is 13.4. The van der Waals surface area contributed by atoms with Crippen molar-refractivity contribution in [2.24, 2.45) is 5.41 Å². The molecular weight excluding hydrogens is 756 g/mol. The van der Waals surface area contributed by atoms with E-state index in [1.807, 2.05) is 0 Å². The number of carbonyl (C=O) groups excluding carboxylic acids is 5. The zero-order chi connectivity index (χ0) is 43.0. The minimum absolute atomic E-state index is 0.00962. The zero-order valence-electron chi connectivity index (χ0n) is 31.8. The molecule has 0 unspecified atom stereocenters. The molecule has 0 aromatic heterocycles. The largest absolute Gasteiger partial charge is 0.481 e. The van der Waals surface area contributed by atoms with Gasteiger partial charge in [-0.1, -0.05) is 38.1 Å². The minimum Gasteiger partial charge on any atom is -0.481 e. The summed E-state index contributed by atoms with van der Waals surface area (Å²) in [5.74, 6) is -11.0. The smallest absolute Gasteiger partial charge is 0.374 e. The average Bonchev–Trinajstić information content (AvgIpc) is 3.16. The summed E-state index contributed by atoms with van der Waals surface area (Å²) >= 11 is 0. The van der Waals surface area contributed by atoms with Gasteiger partial charge in [0.1, 0.15) is 0 Å². The Hall–Kier alpha value is -5.72. The summed E-state index contributed by atoms with van der Waals surface area (Å²) in [6.45, 7) is 3.70. The molecule has 0 saturated heterocycles. The quantitative estimate of drug-likeness (QED) is 0.0289. The van der Waals surface area contributed by atoms with E-state index in [4.69, 9.17) is 34.6 Å². The molecule has 2 aromatic carbocycles. The van der Waals surface area contributed by atoms with E-state index in [9.17, 15) is 48.6 Å². The van der Waals surface area contributed by atoms with Gasteiger partial charge in [0.15, 0.2) is 0 Å². The molecule has 0 saturated carbocycles. The number of aliphatic hydroxyl groups excluding tert-OH is 1. The van der Waals surface area contributed by atoms with Gasteiger partial charge in [0.2, 0.25) is 0 Å². The third-order valence-corrected chi connectivity index (χ3v) is 7.77. The van der Waals surface area contributed by atoms with E-state index in [-0.39, 0.29) is 87.2 Å². The molecule has 314 valence electrons. The molecule has 18 heteroatoms. The molecule has 0 radical (unpaired) electrons. The van der Waals surface area contributed by atoms with Crippen LogP contribution in [0.25, 0.3) is 0 Å². The lowest BCUT2D eigenvalue weighted by Crippen LogP contribution is -2.41. The van der Waals surface area contributed by atoms with Crippen molar-refractivity contribution in [3.05, 3.63) is 70.8 Å². The van der Waals surface area contributed by atoms with Crippen LogP contribution in [0.5, 0.6) is 0 Å². The lowest BCUT2D eigenvalue weighted by Gasteiger charge is -2.21. The van der Waals surface area contributed by atoms with Gasteiger partial charge in [0.25, 0.3) is 5.79 Å². The van der Waals surface area contributed by atoms with E-state index < -0.39 is 65.4 Å². The molecule has 0 aliphatic heterocycles. The molecule has 0 bridgehead atoms. The Labute approximate surface area is 328 Å². The number of carboxylic acids is 3. The van der Waals surface area contributed by atoms with Gasteiger partial charge in [-0.05, 0) is 69.2 Å². The number of esters is 5. The van der Waals surface area contributed by atoms with Crippen LogP contribution in [0.2, 0.25) is 0 Å². The lowest BCUT2D eigenvalue weighted by atomic mass is 9.96. The summed E-state index contributed by atoms with van der Waals surface area (Å²) in [6.07, 6.45) is 1.65. The molecule has 0 spiro atoms. The fourth-order valence-corrected chi connectivity index (χ4v) is 4.50. The number of ether oxygens (including phenoxy) is 4. The summed E-state index contributed by atoms with van der Waals surface area (Å²) < 4.78 is 19.6. The first-order valence-electron chi connectivity index (χ1n) is 18.0. The lowest BCUT2D eigenvalue weighted by molar-refractivity contribution is -0.212. The van der Waals surface area contributed by atoms with Gasteiger partial charge in [-0.3, -0.25) is 14.4 Å². The molecule has 57 heavy (non-hydrogen) atoms. The van der Waals surface area contributed by atoms with Crippen LogP contribution < -0.4 is 0 Å². The number of carbonyl (C=O) groups is 8. The summed E-state index contributed by atoms with van der Waals surface area (Å²) in [7, 11) is 0. The van der Waals surface area contributed by atoms with Gasteiger partial charge in [0.05, 0.1) is 48.7 Å². The molecule has 6 N–H and O–H groups in total. The number of carboxylic acid groups (broad SMARTS) is 3. The molecule has 2 rings (SSSR count). The first kappa shape index (κ1) is 49.3. The maximum Gasteiger partial charge on any atom is 0.374 e. The Morgan fingerprint density at radius 3 is 1.49 bits per heavy atom. The first-order valence-corrected chi connectivity index (χ1v) is 18.0. The van der Waals surface area contributed by atoms with Crippen molar-refractivity contribution in [1.29, 1.82) is 0 Å². The zero-order valence-corrected chi connectivity index (χ0v) is 31.8. The maximum atomic E-state index is 12.0. The van der Waals surface area contributed by atoms with Crippen LogP contribution in [0.3, 0.4) is 0 Å². The summed E-state index contributed by atoms with van der Waals surface area (Å²) in [5.41, 5.74) is -0.762. The topological polar surface area (TPSA) is 295 Å². The van der Waals surface area contributed by atoms with Gasteiger partial charge < -0.3 is 49.6 Å². The van der Waals surface area contributed by atoms with Crippen LogP contribution in [0.1, 0.15) is 126 Å². The predicted molar refractivity (Wildman–Crippen MR) is 196 cm³/mol. The van der Waals surface area contributed by atoms with Crippen molar-refractivity contribution in [3.8, 4) is 0 Å². The summed E-state index contributed by atoms with van der Waals surface area (Å²) in [4.78, 5) is 91.4. The van der Waals surface area contributed by atoms with Crippen molar-refractivity contribution in [2.75, 3.05) is 26.4 Å². The third-order valence-electron chi connectivity index (χ3n) is 7.77. The van der Waals surface area contributed by atoms with Gasteiger partial charge in [-0.2, -0.15) is 0 Å². The van der Waals surface area contributed by atoms with Crippen LogP contribution in [0, 0.1) is 5.41 Å². The molecule has 0 aliphatic carbocycles. The second kappa shape index (κ2) is 25.4. The Kier molecular flexibility index (Phi) is 22.0. The van der Waals surface area contributed by atoms with Crippen molar-refractivity contribution < 1.29 is 87.9 Å². The number of hydrogen-bond acceptors (Lipinski definition) is 15. The SMILES string of the molecule is CC(C)(CO)COC(=O)c1ccccc1C(=O)O.O=C(O)CCCC(O)(O)C(=O)OC(=O)CCCCC(=O)OCCCCCCOC(=O)c1ccccc1C(=O)O. The molecule has 18 nitrogen and oxygen atoms in total. The van der Waals surface area contributed by atoms with Crippen LogP contribution in [-0.4, -0.2) is 111 Å². The van der Waals surface area contributed by atoms with E-state index in [1.54, 1.807) is 26.0 Å². The molecule has 0 heterocycles. The fourth-order valence-electron chi connectivity index (χ4n) is 4.50. The van der Waals surface area contributed by atoms with Crippen molar-refractivity contribution in [2.45, 2.75) is 90.3 Å².